The lowest BCUT2D eigenvalue weighted by Gasteiger charge is -2.41. The van der Waals surface area contributed by atoms with E-state index in [-0.39, 0.29) is 5.92 Å². The Hall–Kier alpha value is -0.880. The van der Waals surface area contributed by atoms with Crippen LogP contribution in [-0.4, -0.2) is 5.25 Å². The van der Waals surface area contributed by atoms with E-state index in [1.807, 2.05) is 24.8 Å². The van der Waals surface area contributed by atoms with E-state index in [1.54, 1.807) is 6.26 Å². The van der Waals surface area contributed by atoms with Crippen LogP contribution >= 0.6 is 11.8 Å². The number of thioether (sulfide) groups is 1. The summed E-state index contributed by atoms with van der Waals surface area (Å²) in [4.78, 5) is 1.20. The van der Waals surface area contributed by atoms with E-state index in [0.29, 0.717) is 10.7 Å². The van der Waals surface area contributed by atoms with Crippen LogP contribution in [0.1, 0.15) is 52.2 Å². The smallest absolute Gasteiger partial charge is 0.114 e. The molecule has 2 nitrogen and oxygen atoms in total. The molecule has 0 saturated heterocycles. The number of nitrogens with zero attached hydrogens (tertiary/aromatic N) is 1. The van der Waals surface area contributed by atoms with Gasteiger partial charge < -0.3 is 4.42 Å². The molecule has 0 aromatic carbocycles. The predicted molar refractivity (Wildman–Crippen MR) is 83.6 cm³/mol. The van der Waals surface area contributed by atoms with E-state index in [0.717, 1.165) is 24.5 Å². The van der Waals surface area contributed by atoms with Crippen LogP contribution in [-0.2, 0) is 0 Å². The highest BCUT2D eigenvalue weighted by molar-refractivity contribution is 8.00. The Morgan fingerprint density at radius 3 is 2.75 bits per heavy atom. The highest BCUT2D eigenvalue weighted by Crippen LogP contribution is 2.47. The minimum absolute atomic E-state index is 0.179. The first-order valence-electron chi connectivity index (χ1n) is 7.58. The maximum Gasteiger partial charge on any atom is 0.114 e. The Labute approximate surface area is 126 Å². The number of nitriles is 1. The fourth-order valence-electron chi connectivity index (χ4n) is 3.06. The number of rotatable bonds is 4. The third-order valence-electron chi connectivity index (χ3n) is 5.06. The topological polar surface area (TPSA) is 36.9 Å². The average Bonchev–Trinajstić information content (AvgIpc) is 2.84. The lowest BCUT2D eigenvalue weighted by atomic mass is 9.67. The molecule has 110 valence electrons. The fourth-order valence-corrected chi connectivity index (χ4v) is 4.43. The molecule has 1 aliphatic rings. The molecule has 3 heteroatoms. The van der Waals surface area contributed by atoms with E-state index < -0.39 is 0 Å². The van der Waals surface area contributed by atoms with E-state index in [1.165, 1.54) is 17.7 Å². The summed E-state index contributed by atoms with van der Waals surface area (Å²) in [5, 5.41) is 9.82. The van der Waals surface area contributed by atoms with E-state index in [4.69, 9.17) is 4.42 Å². The van der Waals surface area contributed by atoms with Crippen molar-refractivity contribution in [2.45, 2.75) is 63.5 Å². The molecule has 3 atom stereocenters. The first kappa shape index (κ1) is 15.5. The first-order chi connectivity index (χ1) is 9.47. The molecule has 0 radical (unpaired) electrons. The summed E-state index contributed by atoms with van der Waals surface area (Å²) >= 11 is 1.84. The number of hydrogen-bond acceptors (Lipinski definition) is 3. The van der Waals surface area contributed by atoms with Crippen molar-refractivity contribution >= 4 is 11.8 Å². The van der Waals surface area contributed by atoms with Crippen LogP contribution in [0.15, 0.2) is 21.6 Å². The van der Waals surface area contributed by atoms with Gasteiger partial charge in [-0.05, 0) is 43.6 Å². The monoisotopic (exact) mass is 291 g/mol. The molecule has 0 aliphatic heterocycles. The Balaban J connectivity index is 2.11. The molecule has 0 amide bonds. The van der Waals surface area contributed by atoms with Gasteiger partial charge >= 0.3 is 0 Å². The maximum absolute atomic E-state index is 9.42. The van der Waals surface area contributed by atoms with Crippen molar-refractivity contribution in [3.63, 3.8) is 0 Å². The summed E-state index contributed by atoms with van der Waals surface area (Å²) in [6.45, 7) is 9.02. The Bertz CT molecular complexity index is 485. The van der Waals surface area contributed by atoms with Crippen molar-refractivity contribution < 1.29 is 4.42 Å². The van der Waals surface area contributed by atoms with Gasteiger partial charge in [-0.1, -0.05) is 27.2 Å². The molecule has 3 unspecified atom stereocenters. The van der Waals surface area contributed by atoms with Crippen LogP contribution in [0.2, 0.25) is 0 Å². The first-order valence-corrected chi connectivity index (χ1v) is 8.46. The van der Waals surface area contributed by atoms with Crippen LogP contribution in [0, 0.1) is 35.5 Å². The number of furan rings is 1. The van der Waals surface area contributed by atoms with Gasteiger partial charge in [0, 0.05) is 10.1 Å². The highest BCUT2D eigenvalue weighted by atomic mass is 32.2. The van der Waals surface area contributed by atoms with Crippen LogP contribution < -0.4 is 0 Å². The lowest BCUT2D eigenvalue weighted by Crippen LogP contribution is -2.34. The summed E-state index contributed by atoms with van der Waals surface area (Å²) in [5.41, 5.74) is 0.380. The second-order valence-corrected chi connectivity index (χ2v) is 7.87. The molecule has 1 heterocycles. The van der Waals surface area contributed by atoms with Crippen molar-refractivity contribution in [3.8, 4) is 6.07 Å². The highest BCUT2D eigenvalue weighted by Gasteiger charge is 2.38. The summed E-state index contributed by atoms with van der Waals surface area (Å²) in [7, 11) is 0. The molecule has 0 bridgehead atoms. The van der Waals surface area contributed by atoms with Crippen LogP contribution in [0.4, 0.5) is 0 Å². The quantitative estimate of drug-likeness (QED) is 0.742. The Morgan fingerprint density at radius 1 is 1.45 bits per heavy atom. The second kappa shape index (κ2) is 6.26. The average molecular weight is 291 g/mol. The van der Waals surface area contributed by atoms with Crippen LogP contribution in [0.25, 0.3) is 0 Å². The van der Waals surface area contributed by atoms with E-state index in [2.05, 4.69) is 26.8 Å². The zero-order chi connectivity index (χ0) is 14.8. The van der Waals surface area contributed by atoms with Gasteiger partial charge in [-0.3, -0.25) is 0 Å². The fraction of sp³-hybridized carbons (Fsp3) is 0.706. The Kier molecular flexibility index (Phi) is 4.86. The van der Waals surface area contributed by atoms with Gasteiger partial charge in [-0.25, -0.2) is 0 Å². The second-order valence-electron chi connectivity index (χ2n) is 6.59. The third kappa shape index (κ3) is 3.23. The minimum atomic E-state index is 0.179. The van der Waals surface area contributed by atoms with Gasteiger partial charge in [-0.15, -0.1) is 11.8 Å². The molecule has 0 spiro atoms. The lowest BCUT2D eigenvalue weighted by molar-refractivity contribution is 0.144. The normalized spacial score (nSPS) is 27.2. The Morgan fingerprint density at radius 2 is 2.20 bits per heavy atom. The van der Waals surface area contributed by atoms with Crippen molar-refractivity contribution in [2.24, 2.45) is 17.3 Å². The summed E-state index contributed by atoms with van der Waals surface area (Å²) in [5.74, 6) is 1.88. The number of hydrogen-bond donors (Lipinski definition) is 0. The van der Waals surface area contributed by atoms with Crippen molar-refractivity contribution in [3.05, 3.63) is 18.1 Å². The molecule has 0 N–H and O–H groups in total. The summed E-state index contributed by atoms with van der Waals surface area (Å²) in [6, 6.07) is 4.56. The van der Waals surface area contributed by atoms with Crippen molar-refractivity contribution in [1.29, 1.82) is 5.26 Å². The molecule has 1 saturated carbocycles. The van der Waals surface area contributed by atoms with Gasteiger partial charge in [0.25, 0.3) is 0 Å². The zero-order valence-electron chi connectivity index (χ0n) is 13.0. The van der Waals surface area contributed by atoms with Gasteiger partial charge in [0.1, 0.15) is 5.76 Å². The molecule has 1 aromatic heterocycles. The summed E-state index contributed by atoms with van der Waals surface area (Å²) < 4.78 is 5.39. The van der Waals surface area contributed by atoms with Crippen molar-refractivity contribution in [1.82, 2.24) is 0 Å². The molecule has 1 aliphatic carbocycles. The van der Waals surface area contributed by atoms with Crippen LogP contribution in [0.5, 0.6) is 0 Å². The largest absolute Gasteiger partial charge is 0.468 e. The molecule has 2 rings (SSSR count). The molecule has 1 aromatic rings. The maximum atomic E-state index is 9.42. The van der Waals surface area contributed by atoms with Crippen molar-refractivity contribution in [2.75, 3.05) is 0 Å². The van der Waals surface area contributed by atoms with Gasteiger partial charge in [0.15, 0.2) is 0 Å². The standard InChI is InChI=1S/C17H25NOS/c1-5-17(3,4)14-7-6-13(11-18)16(10-14)20-15-8-9-19-12(15)2/h8-9,13-14,16H,5-7,10H2,1-4H3. The third-order valence-corrected chi connectivity index (χ3v) is 6.56. The SMILES string of the molecule is CCC(C)(C)C1CCC(C#N)C(Sc2ccoc2C)C1. The van der Waals surface area contributed by atoms with E-state index >= 15 is 0 Å². The number of aryl methyl sites for hydroxylation is 1. The minimum Gasteiger partial charge on any atom is -0.468 e. The summed E-state index contributed by atoms with van der Waals surface area (Å²) in [6.07, 6.45) is 6.33. The van der Waals surface area contributed by atoms with Crippen LogP contribution in [0.3, 0.4) is 0 Å². The van der Waals surface area contributed by atoms with Gasteiger partial charge in [-0.2, -0.15) is 5.26 Å². The molecular weight excluding hydrogens is 266 g/mol. The predicted octanol–water partition coefficient (Wildman–Crippen LogP) is 5.42. The zero-order valence-corrected chi connectivity index (χ0v) is 13.8. The van der Waals surface area contributed by atoms with E-state index in [9.17, 15) is 5.26 Å². The molecule has 1 fully saturated rings. The molecule has 20 heavy (non-hydrogen) atoms. The van der Waals surface area contributed by atoms with Gasteiger partial charge in [0.2, 0.25) is 0 Å². The molecular formula is C17H25NOS. The van der Waals surface area contributed by atoms with Gasteiger partial charge in [0.05, 0.1) is 18.3 Å².